The molecule has 2 aliphatic rings. The van der Waals surface area contributed by atoms with Gasteiger partial charge in [0, 0.05) is 31.1 Å². The number of hydrogen-bond donors (Lipinski definition) is 1. The number of aromatic nitrogens is 1. The maximum atomic E-state index is 13.0. The number of halogens is 2. The van der Waals surface area contributed by atoms with Crippen LogP contribution in [0.15, 0.2) is 36.5 Å². The topological polar surface area (TPSA) is 77.7 Å². The number of fused-ring (bicyclic) bond motifs is 2. The quantitative estimate of drug-likeness (QED) is 0.824. The lowest BCUT2D eigenvalue weighted by atomic mass is 9.99. The van der Waals surface area contributed by atoms with Crippen molar-refractivity contribution in [1.29, 1.82) is 0 Å². The number of nitrogens with two attached hydrogens (primary N) is 1. The lowest BCUT2D eigenvalue weighted by Gasteiger charge is -2.38. The van der Waals surface area contributed by atoms with Crippen molar-refractivity contribution in [2.24, 2.45) is 0 Å². The largest absolute Gasteiger partial charge is 0.490 e. The Labute approximate surface area is 167 Å². The summed E-state index contributed by atoms with van der Waals surface area (Å²) in [6.45, 7) is -0.116. The van der Waals surface area contributed by atoms with E-state index in [1.165, 1.54) is 24.4 Å². The molecule has 6 nitrogen and oxygen atoms in total. The molecule has 2 bridgehead atoms. The number of anilines is 1. The van der Waals surface area contributed by atoms with Gasteiger partial charge in [0.1, 0.15) is 17.7 Å². The molecule has 0 saturated carbocycles. The van der Waals surface area contributed by atoms with E-state index in [0.29, 0.717) is 16.5 Å². The molecule has 1 unspecified atom stereocenters. The summed E-state index contributed by atoms with van der Waals surface area (Å²) in [4.78, 5) is 18.7. The number of benzene rings is 1. The summed E-state index contributed by atoms with van der Waals surface area (Å²) in [6.07, 6.45) is 4.84. The number of nitrogen functional groups attached to an aromatic ring is 1. The van der Waals surface area contributed by atoms with E-state index in [9.17, 15) is 9.18 Å². The SMILES string of the molecule is Nc1cc(Cl)cnc1OCC(=O)N1[C@@H]2CC[C@H]1CC(Oc1ccc(F)cc1)C2. The molecular formula is C20H21ClFN3O3. The van der Waals surface area contributed by atoms with Crippen LogP contribution in [0.25, 0.3) is 0 Å². The highest BCUT2D eigenvalue weighted by Gasteiger charge is 2.44. The number of carbonyl (C=O) groups excluding carboxylic acids is 1. The Bertz CT molecular complexity index is 850. The summed E-state index contributed by atoms with van der Waals surface area (Å²) in [6, 6.07) is 7.81. The molecule has 2 aliphatic heterocycles. The number of rotatable bonds is 5. The Morgan fingerprint density at radius 3 is 2.57 bits per heavy atom. The van der Waals surface area contributed by atoms with Crippen molar-refractivity contribution in [2.75, 3.05) is 12.3 Å². The Hall–Kier alpha value is -2.54. The van der Waals surface area contributed by atoms with Crippen LogP contribution in [-0.2, 0) is 4.79 Å². The van der Waals surface area contributed by atoms with Crippen molar-refractivity contribution >= 4 is 23.2 Å². The molecule has 2 N–H and O–H groups in total. The van der Waals surface area contributed by atoms with E-state index in [1.54, 1.807) is 12.1 Å². The van der Waals surface area contributed by atoms with Gasteiger partial charge in [0.2, 0.25) is 5.88 Å². The molecule has 1 aromatic carbocycles. The second kappa shape index (κ2) is 7.83. The Morgan fingerprint density at radius 2 is 1.93 bits per heavy atom. The first-order valence-corrected chi connectivity index (χ1v) is 9.64. The fourth-order valence-electron chi connectivity index (χ4n) is 4.10. The van der Waals surface area contributed by atoms with Crippen LogP contribution in [0.2, 0.25) is 5.02 Å². The van der Waals surface area contributed by atoms with Gasteiger partial charge in [-0.25, -0.2) is 9.37 Å². The van der Waals surface area contributed by atoms with Gasteiger partial charge in [-0.05, 0) is 43.2 Å². The smallest absolute Gasteiger partial charge is 0.261 e. The lowest BCUT2D eigenvalue weighted by Crippen LogP contribution is -2.50. The first-order valence-electron chi connectivity index (χ1n) is 9.27. The van der Waals surface area contributed by atoms with Crippen LogP contribution in [0.4, 0.5) is 10.1 Å². The number of amides is 1. The van der Waals surface area contributed by atoms with Gasteiger partial charge in [0.15, 0.2) is 6.61 Å². The minimum atomic E-state index is -0.288. The number of nitrogens with zero attached hydrogens (tertiary/aromatic N) is 2. The van der Waals surface area contributed by atoms with Crippen LogP contribution in [-0.4, -0.2) is 40.6 Å². The van der Waals surface area contributed by atoms with Crippen molar-refractivity contribution in [2.45, 2.75) is 43.9 Å². The van der Waals surface area contributed by atoms with Crippen molar-refractivity contribution in [1.82, 2.24) is 9.88 Å². The fourth-order valence-corrected chi connectivity index (χ4v) is 4.27. The highest BCUT2D eigenvalue weighted by molar-refractivity contribution is 6.30. The van der Waals surface area contributed by atoms with Gasteiger partial charge >= 0.3 is 0 Å². The van der Waals surface area contributed by atoms with Crippen LogP contribution in [0.1, 0.15) is 25.7 Å². The monoisotopic (exact) mass is 405 g/mol. The van der Waals surface area contributed by atoms with Crippen LogP contribution >= 0.6 is 11.6 Å². The van der Waals surface area contributed by atoms with E-state index in [4.69, 9.17) is 26.8 Å². The lowest BCUT2D eigenvalue weighted by molar-refractivity contribution is -0.139. The molecule has 148 valence electrons. The zero-order valence-electron chi connectivity index (χ0n) is 15.2. The first kappa shape index (κ1) is 18.8. The molecule has 0 spiro atoms. The van der Waals surface area contributed by atoms with Gasteiger partial charge in [-0.3, -0.25) is 4.79 Å². The zero-order chi connectivity index (χ0) is 19.7. The molecule has 3 atom stereocenters. The average molecular weight is 406 g/mol. The maximum absolute atomic E-state index is 13.0. The third-order valence-electron chi connectivity index (χ3n) is 5.27. The maximum Gasteiger partial charge on any atom is 0.261 e. The number of ether oxygens (including phenoxy) is 2. The Kier molecular flexibility index (Phi) is 5.26. The summed E-state index contributed by atoms with van der Waals surface area (Å²) in [5.41, 5.74) is 6.12. The van der Waals surface area contributed by atoms with Crippen LogP contribution < -0.4 is 15.2 Å². The first-order chi connectivity index (χ1) is 13.5. The summed E-state index contributed by atoms with van der Waals surface area (Å²) < 4.78 is 24.6. The fraction of sp³-hybridized carbons (Fsp3) is 0.400. The predicted octanol–water partition coefficient (Wildman–Crippen LogP) is 3.44. The molecule has 1 amide bonds. The molecule has 1 aromatic heterocycles. The molecule has 2 saturated heterocycles. The molecular weight excluding hydrogens is 385 g/mol. The molecule has 28 heavy (non-hydrogen) atoms. The second-order valence-electron chi connectivity index (χ2n) is 7.19. The van der Waals surface area contributed by atoms with E-state index in [-0.39, 0.29) is 42.4 Å². The number of pyridine rings is 1. The number of piperidine rings is 1. The van der Waals surface area contributed by atoms with E-state index in [1.807, 2.05) is 4.90 Å². The van der Waals surface area contributed by atoms with Crippen LogP contribution in [0.3, 0.4) is 0 Å². The summed E-state index contributed by atoms with van der Waals surface area (Å²) in [5.74, 6) is 0.491. The standard InChI is InChI=1S/C20H21ClFN3O3/c21-12-7-18(23)20(24-10-12)27-11-19(26)25-14-3-4-15(25)9-17(8-14)28-16-5-1-13(22)2-6-16/h1-2,5-7,10,14-15,17H,3-4,8-9,11,23H2/t14-,15+,17?. The van der Waals surface area contributed by atoms with Crippen molar-refractivity contribution < 1.29 is 18.7 Å². The molecule has 0 aliphatic carbocycles. The van der Waals surface area contributed by atoms with Crippen molar-refractivity contribution in [3.05, 3.63) is 47.4 Å². The van der Waals surface area contributed by atoms with Crippen molar-refractivity contribution in [3.8, 4) is 11.6 Å². The molecule has 2 fully saturated rings. The van der Waals surface area contributed by atoms with E-state index < -0.39 is 0 Å². The normalized spacial score (nSPS) is 23.5. The van der Waals surface area contributed by atoms with Gasteiger partial charge in [0.05, 0.1) is 10.7 Å². The molecule has 3 heterocycles. The number of carbonyl (C=O) groups is 1. The third-order valence-corrected chi connectivity index (χ3v) is 5.48. The van der Waals surface area contributed by atoms with Crippen LogP contribution in [0.5, 0.6) is 11.6 Å². The van der Waals surface area contributed by atoms with Gasteiger partial charge in [-0.1, -0.05) is 11.6 Å². The van der Waals surface area contributed by atoms with Crippen molar-refractivity contribution in [3.63, 3.8) is 0 Å². The van der Waals surface area contributed by atoms with E-state index in [2.05, 4.69) is 4.98 Å². The second-order valence-corrected chi connectivity index (χ2v) is 7.62. The minimum Gasteiger partial charge on any atom is -0.490 e. The summed E-state index contributed by atoms with van der Waals surface area (Å²) in [7, 11) is 0. The number of hydrogen-bond acceptors (Lipinski definition) is 5. The highest BCUT2D eigenvalue weighted by atomic mass is 35.5. The average Bonchev–Trinajstić information content (AvgIpc) is 2.93. The van der Waals surface area contributed by atoms with Gasteiger partial charge < -0.3 is 20.1 Å². The van der Waals surface area contributed by atoms with Gasteiger partial charge in [0.25, 0.3) is 5.91 Å². The zero-order valence-corrected chi connectivity index (χ0v) is 15.9. The molecule has 2 aromatic rings. The predicted molar refractivity (Wildman–Crippen MR) is 103 cm³/mol. The van der Waals surface area contributed by atoms with E-state index >= 15 is 0 Å². The Morgan fingerprint density at radius 1 is 1.25 bits per heavy atom. The third kappa shape index (κ3) is 3.99. The van der Waals surface area contributed by atoms with E-state index in [0.717, 1.165) is 25.7 Å². The Balaban J connectivity index is 1.35. The molecule has 4 rings (SSSR count). The highest BCUT2D eigenvalue weighted by Crippen LogP contribution is 2.37. The van der Waals surface area contributed by atoms with Gasteiger partial charge in [-0.2, -0.15) is 0 Å². The molecule has 0 radical (unpaired) electrons. The minimum absolute atomic E-state index is 0.0153. The molecule has 8 heteroatoms. The van der Waals surface area contributed by atoms with Gasteiger partial charge in [-0.15, -0.1) is 0 Å². The van der Waals surface area contributed by atoms with Crippen LogP contribution in [0, 0.1) is 5.82 Å². The summed E-state index contributed by atoms with van der Waals surface area (Å²) in [5, 5.41) is 0.414. The summed E-state index contributed by atoms with van der Waals surface area (Å²) >= 11 is 5.82.